The number of hydrogen-bond acceptors (Lipinski definition) is 3. The van der Waals surface area contributed by atoms with Gasteiger partial charge in [0, 0.05) is 14.1 Å². The first-order chi connectivity index (χ1) is 10.1. The Kier molecular flexibility index (Phi) is 3.68. The number of aliphatic hydroxyl groups excluding tert-OH is 1. The van der Waals surface area contributed by atoms with Gasteiger partial charge < -0.3 is 14.6 Å². The van der Waals surface area contributed by atoms with Crippen molar-refractivity contribution in [3.8, 4) is 0 Å². The molecule has 1 aliphatic carbocycles. The number of para-hydroxylation sites is 2. The van der Waals surface area contributed by atoms with Crippen LogP contribution in [0.4, 0.5) is 0 Å². The van der Waals surface area contributed by atoms with Gasteiger partial charge in [0.2, 0.25) is 5.91 Å². The maximum Gasteiger partial charge on any atom is 0.228 e. The molecule has 0 bridgehead atoms. The number of amides is 1. The van der Waals surface area contributed by atoms with Crippen LogP contribution in [0.5, 0.6) is 0 Å². The maximum absolute atomic E-state index is 12.4. The smallest absolute Gasteiger partial charge is 0.228 e. The summed E-state index contributed by atoms with van der Waals surface area (Å²) in [5.74, 6) is 0.635. The summed E-state index contributed by atoms with van der Waals surface area (Å²) >= 11 is 0. The summed E-state index contributed by atoms with van der Waals surface area (Å²) in [5.41, 5.74) is 2.01. The molecule has 112 valence electrons. The van der Waals surface area contributed by atoms with E-state index in [2.05, 4.69) is 4.98 Å². The second-order valence-corrected chi connectivity index (χ2v) is 5.87. The Balaban J connectivity index is 1.78. The van der Waals surface area contributed by atoms with Crippen LogP contribution in [0.2, 0.25) is 0 Å². The topological polar surface area (TPSA) is 58.4 Å². The Morgan fingerprint density at radius 3 is 2.86 bits per heavy atom. The first kappa shape index (κ1) is 14.1. The van der Waals surface area contributed by atoms with Gasteiger partial charge in [-0.1, -0.05) is 12.1 Å². The quantitative estimate of drug-likeness (QED) is 0.934. The van der Waals surface area contributed by atoms with Crippen LogP contribution in [0.1, 0.15) is 25.1 Å². The van der Waals surface area contributed by atoms with Gasteiger partial charge in [-0.2, -0.15) is 0 Å². The van der Waals surface area contributed by atoms with Gasteiger partial charge in [0.25, 0.3) is 0 Å². The standard InChI is InChI=1S/C16H21N3O2/c1-18(16(21)11-6-5-9-14(11)20)10-15-17-12-7-3-4-8-13(12)19(15)2/h3-4,7-8,11,14,20H,5-6,9-10H2,1-2H3. The minimum Gasteiger partial charge on any atom is -0.392 e. The van der Waals surface area contributed by atoms with Crippen molar-refractivity contribution in [2.45, 2.75) is 31.9 Å². The van der Waals surface area contributed by atoms with Crippen molar-refractivity contribution in [1.82, 2.24) is 14.5 Å². The minimum atomic E-state index is -0.486. The van der Waals surface area contributed by atoms with E-state index in [0.717, 1.165) is 36.1 Å². The molecule has 5 nitrogen and oxygen atoms in total. The molecular weight excluding hydrogens is 266 g/mol. The van der Waals surface area contributed by atoms with Crippen molar-refractivity contribution in [2.24, 2.45) is 13.0 Å². The van der Waals surface area contributed by atoms with E-state index >= 15 is 0 Å². The normalized spacial score (nSPS) is 21.9. The maximum atomic E-state index is 12.4. The molecule has 2 unspecified atom stereocenters. The number of rotatable bonds is 3. The van der Waals surface area contributed by atoms with Gasteiger partial charge in [0.05, 0.1) is 29.6 Å². The van der Waals surface area contributed by atoms with E-state index in [1.807, 2.05) is 35.9 Å². The number of aliphatic hydroxyl groups is 1. The highest BCUT2D eigenvalue weighted by Crippen LogP contribution is 2.27. The van der Waals surface area contributed by atoms with Gasteiger partial charge in [-0.05, 0) is 31.4 Å². The number of carbonyl (C=O) groups excluding carboxylic acids is 1. The lowest BCUT2D eigenvalue weighted by molar-refractivity contribution is -0.137. The number of benzene rings is 1. The molecule has 1 aromatic heterocycles. The van der Waals surface area contributed by atoms with E-state index < -0.39 is 6.10 Å². The molecule has 2 atom stereocenters. The summed E-state index contributed by atoms with van der Waals surface area (Å²) in [6.07, 6.45) is 1.96. The molecule has 0 aliphatic heterocycles. The van der Waals surface area contributed by atoms with Crippen LogP contribution in [0.15, 0.2) is 24.3 Å². The molecule has 1 aromatic carbocycles. The molecule has 5 heteroatoms. The van der Waals surface area contributed by atoms with Crippen LogP contribution >= 0.6 is 0 Å². The van der Waals surface area contributed by atoms with Crippen molar-refractivity contribution in [3.05, 3.63) is 30.1 Å². The minimum absolute atomic E-state index is 0.0204. The third kappa shape index (κ3) is 2.53. The fraction of sp³-hybridized carbons (Fsp3) is 0.500. The SMILES string of the molecule is CN(Cc1nc2ccccc2n1C)C(=O)C1CCCC1O. The summed E-state index contributed by atoms with van der Waals surface area (Å²) in [5, 5.41) is 9.87. The van der Waals surface area contributed by atoms with Crippen LogP contribution in [0, 0.1) is 5.92 Å². The van der Waals surface area contributed by atoms with Crippen molar-refractivity contribution in [3.63, 3.8) is 0 Å². The van der Waals surface area contributed by atoms with E-state index in [1.54, 1.807) is 11.9 Å². The van der Waals surface area contributed by atoms with Crippen molar-refractivity contribution < 1.29 is 9.90 Å². The number of carbonyl (C=O) groups is 1. The van der Waals surface area contributed by atoms with E-state index in [1.165, 1.54) is 0 Å². The molecule has 1 aliphatic rings. The highest BCUT2D eigenvalue weighted by atomic mass is 16.3. The predicted molar refractivity (Wildman–Crippen MR) is 80.5 cm³/mol. The Bertz CT molecular complexity index is 665. The lowest BCUT2D eigenvalue weighted by Crippen LogP contribution is -2.36. The Morgan fingerprint density at radius 2 is 2.19 bits per heavy atom. The summed E-state index contributed by atoms with van der Waals surface area (Å²) in [7, 11) is 3.75. The van der Waals surface area contributed by atoms with Gasteiger partial charge in [-0.15, -0.1) is 0 Å². The van der Waals surface area contributed by atoms with Gasteiger partial charge in [0.1, 0.15) is 5.82 Å². The molecule has 1 amide bonds. The van der Waals surface area contributed by atoms with Gasteiger partial charge in [0.15, 0.2) is 0 Å². The number of aromatic nitrogens is 2. The summed E-state index contributed by atoms with van der Waals surface area (Å²) in [6.45, 7) is 0.466. The lowest BCUT2D eigenvalue weighted by Gasteiger charge is -2.22. The van der Waals surface area contributed by atoms with E-state index in [0.29, 0.717) is 6.54 Å². The Morgan fingerprint density at radius 1 is 1.43 bits per heavy atom. The molecule has 21 heavy (non-hydrogen) atoms. The summed E-state index contributed by atoms with van der Waals surface area (Å²) < 4.78 is 2.02. The molecule has 2 aromatic rings. The van der Waals surface area contributed by atoms with Crippen molar-refractivity contribution >= 4 is 16.9 Å². The highest BCUT2D eigenvalue weighted by molar-refractivity contribution is 5.80. The molecule has 0 radical (unpaired) electrons. The highest BCUT2D eigenvalue weighted by Gasteiger charge is 2.33. The van der Waals surface area contributed by atoms with E-state index in [9.17, 15) is 9.90 Å². The first-order valence-electron chi connectivity index (χ1n) is 7.41. The average molecular weight is 287 g/mol. The number of aryl methyl sites for hydroxylation is 1. The molecule has 0 saturated heterocycles. The second-order valence-electron chi connectivity index (χ2n) is 5.87. The Labute approximate surface area is 124 Å². The lowest BCUT2D eigenvalue weighted by atomic mass is 10.0. The summed E-state index contributed by atoms with van der Waals surface area (Å²) in [4.78, 5) is 18.7. The number of fused-ring (bicyclic) bond motifs is 1. The fourth-order valence-corrected chi connectivity index (χ4v) is 3.14. The summed E-state index contributed by atoms with van der Waals surface area (Å²) in [6, 6.07) is 7.94. The van der Waals surface area contributed by atoms with Crippen LogP contribution in [-0.4, -0.2) is 38.6 Å². The molecule has 0 spiro atoms. The van der Waals surface area contributed by atoms with Crippen LogP contribution in [-0.2, 0) is 18.4 Å². The molecular formula is C16H21N3O2. The van der Waals surface area contributed by atoms with Gasteiger partial charge >= 0.3 is 0 Å². The van der Waals surface area contributed by atoms with Crippen LogP contribution < -0.4 is 0 Å². The van der Waals surface area contributed by atoms with Crippen LogP contribution in [0.3, 0.4) is 0 Å². The fourth-order valence-electron chi connectivity index (χ4n) is 3.14. The zero-order chi connectivity index (χ0) is 15.0. The molecule has 1 saturated carbocycles. The first-order valence-corrected chi connectivity index (χ1v) is 7.41. The molecule has 1 fully saturated rings. The molecule has 1 N–H and O–H groups in total. The monoisotopic (exact) mass is 287 g/mol. The van der Waals surface area contributed by atoms with E-state index in [-0.39, 0.29) is 11.8 Å². The number of imidazole rings is 1. The van der Waals surface area contributed by atoms with Gasteiger partial charge in [-0.3, -0.25) is 4.79 Å². The Hall–Kier alpha value is -1.88. The third-order valence-electron chi connectivity index (χ3n) is 4.43. The van der Waals surface area contributed by atoms with E-state index in [4.69, 9.17) is 0 Å². The third-order valence-corrected chi connectivity index (χ3v) is 4.43. The molecule has 3 rings (SSSR count). The zero-order valence-corrected chi connectivity index (χ0v) is 12.5. The predicted octanol–water partition coefficient (Wildman–Crippen LogP) is 1.69. The number of nitrogens with zero attached hydrogens (tertiary/aromatic N) is 3. The van der Waals surface area contributed by atoms with Gasteiger partial charge in [-0.25, -0.2) is 4.98 Å². The largest absolute Gasteiger partial charge is 0.392 e. The average Bonchev–Trinajstić information content (AvgIpc) is 3.03. The van der Waals surface area contributed by atoms with Crippen molar-refractivity contribution in [1.29, 1.82) is 0 Å². The number of hydrogen-bond donors (Lipinski definition) is 1. The zero-order valence-electron chi connectivity index (χ0n) is 12.5. The second kappa shape index (κ2) is 5.48. The van der Waals surface area contributed by atoms with Crippen LogP contribution in [0.25, 0.3) is 11.0 Å². The molecule has 1 heterocycles. The van der Waals surface area contributed by atoms with Crippen molar-refractivity contribution in [2.75, 3.05) is 7.05 Å².